The van der Waals surface area contributed by atoms with Crippen LogP contribution in [0, 0.1) is 0 Å². The molecule has 3 rings (SSSR count). The molecule has 0 saturated heterocycles. The molecule has 0 aliphatic rings. The van der Waals surface area contributed by atoms with E-state index in [9.17, 15) is 22.8 Å². The number of rotatable bonds is 6. The van der Waals surface area contributed by atoms with E-state index in [1.54, 1.807) is 6.92 Å². The zero-order chi connectivity index (χ0) is 22.8. The topological polar surface area (TPSA) is 65.7 Å². The minimum absolute atomic E-state index is 0.0282. The van der Waals surface area contributed by atoms with Gasteiger partial charge in [-0.25, -0.2) is 4.79 Å². The third-order valence-electron chi connectivity index (χ3n) is 4.52. The van der Waals surface area contributed by atoms with Crippen LogP contribution in [0.3, 0.4) is 0 Å². The van der Waals surface area contributed by atoms with Crippen molar-refractivity contribution in [3.05, 3.63) is 63.5 Å². The molecule has 0 aliphatic heterocycles. The highest BCUT2D eigenvalue weighted by Gasteiger charge is 2.39. The van der Waals surface area contributed by atoms with Gasteiger partial charge in [-0.05, 0) is 43.2 Å². The van der Waals surface area contributed by atoms with Crippen molar-refractivity contribution in [3.8, 4) is 16.9 Å². The van der Waals surface area contributed by atoms with Crippen molar-refractivity contribution in [2.24, 2.45) is 0 Å². The largest absolute Gasteiger partial charge is 0.482 e. The number of carbonyl (C=O) groups is 1. The molecule has 2 aromatic carbocycles. The highest BCUT2D eigenvalue weighted by atomic mass is 35.5. The Morgan fingerprint density at radius 2 is 1.84 bits per heavy atom. The maximum atomic E-state index is 13.7. The molecule has 0 bridgehead atoms. The van der Waals surface area contributed by atoms with E-state index in [1.807, 2.05) is 6.92 Å². The van der Waals surface area contributed by atoms with Gasteiger partial charge in [0.1, 0.15) is 11.3 Å². The molecule has 164 valence electrons. The lowest BCUT2D eigenvalue weighted by atomic mass is 10.0. The maximum Gasteiger partial charge on any atom is 0.450 e. The normalized spacial score (nSPS) is 12.6. The zero-order valence-electron chi connectivity index (χ0n) is 16.6. The molecule has 9 heteroatoms. The fourth-order valence-corrected chi connectivity index (χ4v) is 2.95. The molecule has 5 nitrogen and oxygen atoms in total. The number of fused-ring (bicyclic) bond motifs is 1. The molecular formula is C22H18ClF3O5. The summed E-state index contributed by atoms with van der Waals surface area (Å²) in [5.74, 6) is -1.99. The first kappa shape index (κ1) is 22.7. The Labute approximate surface area is 180 Å². The second-order valence-corrected chi connectivity index (χ2v) is 7.23. The smallest absolute Gasteiger partial charge is 0.450 e. The third kappa shape index (κ3) is 5.19. The lowest BCUT2D eigenvalue weighted by Gasteiger charge is -2.14. The summed E-state index contributed by atoms with van der Waals surface area (Å²) in [6.45, 7) is 3.13. The molecule has 31 heavy (non-hydrogen) atoms. The Hall–Kier alpha value is -3.00. The predicted molar refractivity (Wildman–Crippen MR) is 109 cm³/mol. The average molecular weight is 455 g/mol. The number of esters is 1. The number of benzene rings is 2. The van der Waals surface area contributed by atoms with Gasteiger partial charge in [0.2, 0.25) is 11.2 Å². The van der Waals surface area contributed by atoms with Crippen LogP contribution in [0.5, 0.6) is 5.75 Å². The molecule has 3 aromatic rings. The van der Waals surface area contributed by atoms with Crippen molar-refractivity contribution in [1.82, 2.24) is 0 Å². The van der Waals surface area contributed by atoms with E-state index >= 15 is 0 Å². The lowest BCUT2D eigenvalue weighted by Crippen LogP contribution is -2.20. The number of alkyl halides is 3. The summed E-state index contributed by atoms with van der Waals surface area (Å²) < 4.78 is 56.5. The number of hydrogen-bond donors (Lipinski definition) is 0. The first-order valence-electron chi connectivity index (χ1n) is 9.36. The standard InChI is InChI=1S/C22H18ClF3O5/c1-3-12(2)30-18(27)11-29-15-8-9-16-17(10-15)31-21(22(24,25)26)19(20(16)28)13-4-6-14(23)7-5-13/h4-10,12H,3,11H2,1-2H3. The first-order chi connectivity index (χ1) is 14.6. The van der Waals surface area contributed by atoms with Crippen LogP contribution in [0.15, 0.2) is 51.7 Å². The number of halogens is 4. The Balaban J connectivity index is 2.02. The fraction of sp³-hybridized carbons (Fsp3) is 0.273. The summed E-state index contributed by atoms with van der Waals surface area (Å²) in [5, 5.41) is 0.253. The fourth-order valence-electron chi connectivity index (χ4n) is 2.83. The summed E-state index contributed by atoms with van der Waals surface area (Å²) in [6, 6.07) is 9.19. The van der Waals surface area contributed by atoms with Gasteiger partial charge in [0.25, 0.3) is 0 Å². The first-order valence-corrected chi connectivity index (χ1v) is 9.74. The van der Waals surface area contributed by atoms with Crippen LogP contribution in [-0.2, 0) is 15.7 Å². The molecule has 1 aromatic heterocycles. The molecule has 0 aliphatic carbocycles. The van der Waals surface area contributed by atoms with Crippen molar-refractivity contribution < 1.29 is 31.9 Å². The van der Waals surface area contributed by atoms with Gasteiger partial charge in [-0.2, -0.15) is 13.2 Å². The van der Waals surface area contributed by atoms with E-state index in [-0.39, 0.29) is 28.4 Å². The zero-order valence-corrected chi connectivity index (χ0v) is 17.3. The van der Waals surface area contributed by atoms with Gasteiger partial charge in [-0.15, -0.1) is 0 Å². The van der Waals surface area contributed by atoms with Gasteiger partial charge < -0.3 is 13.9 Å². The van der Waals surface area contributed by atoms with Crippen molar-refractivity contribution in [3.63, 3.8) is 0 Å². The summed E-state index contributed by atoms with van der Waals surface area (Å²) in [4.78, 5) is 24.6. The van der Waals surface area contributed by atoms with Gasteiger partial charge in [0, 0.05) is 11.1 Å². The molecule has 0 N–H and O–H groups in total. The van der Waals surface area contributed by atoms with Gasteiger partial charge in [0.15, 0.2) is 6.61 Å². The highest BCUT2D eigenvalue weighted by molar-refractivity contribution is 6.30. The number of hydrogen-bond acceptors (Lipinski definition) is 5. The Bertz CT molecular complexity index is 1150. The van der Waals surface area contributed by atoms with E-state index in [2.05, 4.69) is 0 Å². The van der Waals surface area contributed by atoms with E-state index in [4.69, 9.17) is 25.5 Å². The minimum Gasteiger partial charge on any atom is -0.482 e. The third-order valence-corrected chi connectivity index (χ3v) is 4.77. The van der Waals surface area contributed by atoms with Crippen LogP contribution in [0.4, 0.5) is 13.2 Å². The molecule has 0 amide bonds. The Kier molecular flexibility index (Phi) is 6.59. The van der Waals surface area contributed by atoms with E-state index < -0.39 is 35.5 Å². The van der Waals surface area contributed by atoms with Gasteiger partial charge >= 0.3 is 12.1 Å². The average Bonchev–Trinajstić information content (AvgIpc) is 2.72. The monoisotopic (exact) mass is 454 g/mol. The number of ether oxygens (including phenoxy) is 2. The van der Waals surface area contributed by atoms with E-state index in [1.165, 1.54) is 36.4 Å². The molecule has 0 saturated carbocycles. The van der Waals surface area contributed by atoms with Crippen LogP contribution < -0.4 is 10.2 Å². The van der Waals surface area contributed by atoms with E-state index in [0.29, 0.717) is 11.4 Å². The van der Waals surface area contributed by atoms with Crippen molar-refractivity contribution in [2.45, 2.75) is 32.5 Å². The van der Waals surface area contributed by atoms with Crippen LogP contribution >= 0.6 is 11.6 Å². The molecule has 1 atom stereocenters. The molecule has 1 unspecified atom stereocenters. The van der Waals surface area contributed by atoms with Gasteiger partial charge in [-0.1, -0.05) is 30.7 Å². The van der Waals surface area contributed by atoms with Crippen LogP contribution in [-0.4, -0.2) is 18.7 Å². The van der Waals surface area contributed by atoms with Crippen LogP contribution in [0.2, 0.25) is 5.02 Å². The maximum absolute atomic E-state index is 13.7. The minimum atomic E-state index is -4.92. The Morgan fingerprint density at radius 3 is 2.45 bits per heavy atom. The summed E-state index contributed by atoms with van der Waals surface area (Å²) >= 11 is 5.80. The SMILES string of the molecule is CCC(C)OC(=O)COc1ccc2c(=O)c(-c3ccc(Cl)cc3)c(C(F)(F)F)oc2c1. The second kappa shape index (κ2) is 9.01. The highest BCUT2D eigenvalue weighted by Crippen LogP contribution is 2.38. The van der Waals surface area contributed by atoms with Gasteiger partial charge in [-0.3, -0.25) is 4.79 Å². The van der Waals surface area contributed by atoms with Crippen molar-refractivity contribution >= 4 is 28.5 Å². The second-order valence-electron chi connectivity index (χ2n) is 6.80. The molecule has 0 fully saturated rings. The molecular weight excluding hydrogens is 437 g/mol. The van der Waals surface area contributed by atoms with Crippen LogP contribution in [0.1, 0.15) is 26.0 Å². The molecule has 0 spiro atoms. The molecule has 1 heterocycles. The number of carbonyl (C=O) groups excluding carboxylic acids is 1. The summed E-state index contributed by atoms with van der Waals surface area (Å²) in [5.41, 5.74) is -1.75. The quantitative estimate of drug-likeness (QED) is 0.437. The van der Waals surface area contributed by atoms with Crippen molar-refractivity contribution in [1.29, 1.82) is 0 Å². The summed E-state index contributed by atoms with van der Waals surface area (Å²) in [7, 11) is 0. The van der Waals surface area contributed by atoms with E-state index in [0.717, 1.165) is 6.07 Å². The predicted octanol–water partition coefficient (Wildman–Crippen LogP) is 5.85. The summed E-state index contributed by atoms with van der Waals surface area (Å²) in [6.07, 6.45) is -4.58. The Morgan fingerprint density at radius 1 is 1.16 bits per heavy atom. The molecule has 0 radical (unpaired) electrons. The van der Waals surface area contributed by atoms with Gasteiger partial charge in [0.05, 0.1) is 17.1 Å². The van der Waals surface area contributed by atoms with Crippen LogP contribution in [0.25, 0.3) is 22.1 Å². The lowest BCUT2D eigenvalue weighted by molar-refractivity contribution is -0.152. The van der Waals surface area contributed by atoms with Crippen molar-refractivity contribution in [2.75, 3.05) is 6.61 Å².